The molecule has 0 saturated heterocycles. The maximum absolute atomic E-state index is 5.34. The fourth-order valence-corrected chi connectivity index (χ4v) is 2.84. The molecule has 0 bridgehead atoms. The van der Waals surface area contributed by atoms with Crippen LogP contribution in [-0.4, -0.2) is 19.2 Å². The lowest BCUT2D eigenvalue weighted by Gasteiger charge is -2.12. The molecule has 4 rings (SSSR count). The smallest absolute Gasteiger partial charge is 0.159 e. The van der Waals surface area contributed by atoms with Gasteiger partial charge in [-0.05, 0) is 29.3 Å². The summed E-state index contributed by atoms with van der Waals surface area (Å²) in [5, 5.41) is 0. The number of hydrogen-bond acceptors (Lipinski definition) is 3. The van der Waals surface area contributed by atoms with E-state index in [1.807, 2.05) is 30.5 Å². The molecule has 0 fully saturated rings. The molecule has 2 aromatic carbocycles. The average Bonchev–Trinajstić information content (AvgIpc) is 2.93. The third kappa shape index (κ3) is 1.89. The summed E-state index contributed by atoms with van der Waals surface area (Å²) in [5.74, 6) is 1.69. The summed E-state index contributed by atoms with van der Waals surface area (Å²) >= 11 is 0. The molecule has 2 aliphatic rings. The number of amidine groups is 1. The van der Waals surface area contributed by atoms with Crippen molar-refractivity contribution < 1.29 is 4.74 Å². The van der Waals surface area contributed by atoms with Crippen LogP contribution in [0.5, 0.6) is 5.75 Å². The van der Waals surface area contributed by atoms with Crippen LogP contribution < -0.4 is 4.74 Å². The highest BCUT2D eigenvalue weighted by Gasteiger charge is 2.24. The monoisotopic (exact) mass is 274 g/mol. The van der Waals surface area contributed by atoms with E-state index in [1.54, 1.807) is 7.11 Å². The predicted octanol–water partition coefficient (Wildman–Crippen LogP) is 4.26. The van der Waals surface area contributed by atoms with Crippen molar-refractivity contribution >= 4 is 23.3 Å². The Hall–Kier alpha value is -2.68. The van der Waals surface area contributed by atoms with Gasteiger partial charge in [-0.25, -0.2) is 9.98 Å². The van der Waals surface area contributed by atoms with Crippen molar-refractivity contribution in [3.8, 4) is 16.9 Å². The minimum Gasteiger partial charge on any atom is -0.497 e. The molecule has 0 spiro atoms. The Bertz CT molecular complexity index is 816. The first kappa shape index (κ1) is 12.1. The highest BCUT2D eigenvalue weighted by molar-refractivity contribution is 6.32. The number of aliphatic imine (C=N–C) groups is 2. The van der Waals surface area contributed by atoms with Crippen molar-refractivity contribution in [3.05, 3.63) is 54.1 Å². The SMILES string of the molecule is COc1cccc(-c2cccc3c2C2=CCC=NC2=N3)c1. The topological polar surface area (TPSA) is 34.0 Å². The minimum atomic E-state index is 0.826. The van der Waals surface area contributed by atoms with Crippen LogP contribution in [0.1, 0.15) is 12.0 Å². The van der Waals surface area contributed by atoms with Gasteiger partial charge in [-0.15, -0.1) is 0 Å². The predicted molar refractivity (Wildman–Crippen MR) is 86.6 cm³/mol. The van der Waals surface area contributed by atoms with E-state index >= 15 is 0 Å². The number of ether oxygens (including phenoxy) is 1. The molecule has 21 heavy (non-hydrogen) atoms. The van der Waals surface area contributed by atoms with E-state index in [-0.39, 0.29) is 0 Å². The van der Waals surface area contributed by atoms with E-state index in [2.05, 4.69) is 34.3 Å². The largest absolute Gasteiger partial charge is 0.497 e. The summed E-state index contributed by atoms with van der Waals surface area (Å²) in [6.45, 7) is 0. The van der Waals surface area contributed by atoms with Gasteiger partial charge in [-0.1, -0.05) is 30.3 Å². The summed E-state index contributed by atoms with van der Waals surface area (Å²) < 4.78 is 5.34. The Kier molecular flexibility index (Phi) is 2.71. The Balaban J connectivity index is 1.91. The highest BCUT2D eigenvalue weighted by Crippen LogP contribution is 2.43. The van der Waals surface area contributed by atoms with E-state index in [1.165, 1.54) is 11.1 Å². The number of rotatable bonds is 2. The van der Waals surface area contributed by atoms with Crippen molar-refractivity contribution in [1.29, 1.82) is 0 Å². The average molecular weight is 274 g/mol. The Labute approximate surface area is 123 Å². The second-order valence-corrected chi connectivity index (χ2v) is 5.03. The van der Waals surface area contributed by atoms with Crippen molar-refractivity contribution in [2.45, 2.75) is 6.42 Å². The zero-order chi connectivity index (χ0) is 14.2. The first-order valence-electron chi connectivity index (χ1n) is 6.96. The molecule has 2 heterocycles. The standard InChI is InChI=1S/C18H14N2O/c1-21-13-6-2-5-12(11-13)14-7-3-9-16-17(14)15-8-4-10-19-18(15)20-16/h2-3,5-11H,4H2,1H3. The maximum atomic E-state index is 5.34. The zero-order valence-corrected chi connectivity index (χ0v) is 11.7. The van der Waals surface area contributed by atoms with Gasteiger partial charge in [-0.2, -0.15) is 0 Å². The molecule has 0 aromatic heterocycles. The number of benzene rings is 2. The van der Waals surface area contributed by atoms with Crippen LogP contribution in [0.15, 0.2) is 58.5 Å². The lowest BCUT2D eigenvalue weighted by atomic mass is 9.93. The lowest BCUT2D eigenvalue weighted by Crippen LogP contribution is -1.99. The molecule has 2 aromatic rings. The normalized spacial score (nSPS) is 15.1. The van der Waals surface area contributed by atoms with Crippen LogP contribution in [0.3, 0.4) is 0 Å². The van der Waals surface area contributed by atoms with Gasteiger partial charge in [-0.3, -0.25) is 0 Å². The Morgan fingerprint density at radius 2 is 2.00 bits per heavy atom. The number of methoxy groups -OCH3 is 1. The number of dihydropyridines is 1. The van der Waals surface area contributed by atoms with Crippen LogP contribution in [0.4, 0.5) is 5.69 Å². The number of nitrogens with zero attached hydrogens (tertiary/aromatic N) is 2. The molecule has 0 saturated carbocycles. The van der Waals surface area contributed by atoms with Crippen molar-refractivity contribution in [3.63, 3.8) is 0 Å². The lowest BCUT2D eigenvalue weighted by molar-refractivity contribution is 0.415. The summed E-state index contributed by atoms with van der Waals surface area (Å²) in [6, 6.07) is 14.3. The van der Waals surface area contributed by atoms with Gasteiger partial charge in [0.2, 0.25) is 0 Å². The van der Waals surface area contributed by atoms with Gasteiger partial charge in [0, 0.05) is 23.8 Å². The number of allylic oxidation sites excluding steroid dienone is 1. The molecule has 0 aliphatic carbocycles. The van der Waals surface area contributed by atoms with Crippen molar-refractivity contribution in [2.24, 2.45) is 9.98 Å². The van der Waals surface area contributed by atoms with Crippen molar-refractivity contribution in [2.75, 3.05) is 7.11 Å². The third-order valence-corrected chi connectivity index (χ3v) is 3.80. The molecule has 0 radical (unpaired) electrons. The summed E-state index contributed by atoms with van der Waals surface area (Å²) in [6.07, 6.45) is 4.96. The van der Waals surface area contributed by atoms with Crippen LogP contribution in [0.25, 0.3) is 16.7 Å². The van der Waals surface area contributed by atoms with E-state index < -0.39 is 0 Å². The number of fused-ring (bicyclic) bond motifs is 3. The molecular formula is C18H14N2O. The van der Waals surface area contributed by atoms with Gasteiger partial charge in [0.1, 0.15) is 5.75 Å². The summed E-state index contributed by atoms with van der Waals surface area (Å²) in [4.78, 5) is 9.03. The molecule has 0 atom stereocenters. The van der Waals surface area contributed by atoms with E-state index in [0.29, 0.717) is 0 Å². The molecule has 2 aliphatic heterocycles. The molecular weight excluding hydrogens is 260 g/mol. The Morgan fingerprint density at radius 3 is 2.90 bits per heavy atom. The number of hydrogen-bond donors (Lipinski definition) is 0. The van der Waals surface area contributed by atoms with E-state index in [9.17, 15) is 0 Å². The van der Waals surface area contributed by atoms with Gasteiger partial charge in [0.05, 0.1) is 12.8 Å². The van der Waals surface area contributed by atoms with Crippen LogP contribution in [0.2, 0.25) is 0 Å². The maximum Gasteiger partial charge on any atom is 0.159 e. The first-order chi connectivity index (χ1) is 10.4. The molecule has 0 N–H and O–H groups in total. The Morgan fingerprint density at radius 1 is 1.10 bits per heavy atom. The summed E-state index contributed by atoms with van der Waals surface area (Å²) in [7, 11) is 1.69. The summed E-state index contributed by atoms with van der Waals surface area (Å²) in [5.41, 5.74) is 5.63. The van der Waals surface area contributed by atoms with Gasteiger partial charge in [0.25, 0.3) is 0 Å². The molecule has 3 nitrogen and oxygen atoms in total. The van der Waals surface area contributed by atoms with Crippen LogP contribution in [0, 0.1) is 0 Å². The van der Waals surface area contributed by atoms with Crippen molar-refractivity contribution in [1.82, 2.24) is 0 Å². The third-order valence-electron chi connectivity index (χ3n) is 3.80. The first-order valence-corrected chi connectivity index (χ1v) is 6.96. The zero-order valence-electron chi connectivity index (χ0n) is 11.7. The van der Waals surface area contributed by atoms with Gasteiger partial charge >= 0.3 is 0 Å². The quantitative estimate of drug-likeness (QED) is 0.805. The fraction of sp³-hybridized carbons (Fsp3) is 0.111. The second kappa shape index (κ2) is 4.70. The van der Waals surface area contributed by atoms with Gasteiger partial charge in [0.15, 0.2) is 5.84 Å². The molecule has 102 valence electrons. The minimum absolute atomic E-state index is 0.826. The fourth-order valence-electron chi connectivity index (χ4n) is 2.84. The second-order valence-electron chi connectivity index (χ2n) is 5.03. The van der Waals surface area contributed by atoms with Crippen LogP contribution >= 0.6 is 0 Å². The molecule has 3 heteroatoms. The molecule has 0 amide bonds. The van der Waals surface area contributed by atoms with E-state index in [0.717, 1.165) is 34.8 Å². The van der Waals surface area contributed by atoms with Crippen LogP contribution in [-0.2, 0) is 0 Å². The highest BCUT2D eigenvalue weighted by atomic mass is 16.5. The van der Waals surface area contributed by atoms with E-state index in [4.69, 9.17) is 4.74 Å². The van der Waals surface area contributed by atoms with Gasteiger partial charge < -0.3 is 4.74 Å². The molecule has 0 unspecified atom stereocenters.